The molecule has 1 saturated carbocycles. The van der Waals surface area contributed by atoms with Gasteiger partial charge in [-0.25, -0.2) is 0 Å². The van der Waals surface area contributed by atoms with E-state index in [1.165, 1.54) is 0 Å². The number of hydrogen-bond donors (Lipinski definition) is 1. The van der Waals surface area contributed by atoms with Crippen LogP contribution in [0.2, 0.25) is 0 Å². The predicted octanol–water partition coefficient (Wildman–Crippen LogP) is 1.80. The minimum atomic E-state index is 0.0804. The molecule has 1 aromatic carbocycles. The lowest BCUT2D eigenvalue weighted by atomic mass is 9.85. The summed E-state index contributed by atoms with van der Waals surface area (Å²) in [6.07, 6.45) is 3.88. The van der Waals surface area contributed by atoms with Crippen molar-refractivity contribution in [3.05, 3.63) is 36.2 Å². The summed E-state index contributed by atoms with van der Waals surface area (Å²) >= 11 is 0. The molecule has 2 atom stereocenters. The number of fused-ring (bicyclic) bond motifs is 1. The van der Waals surface area contributed by atoms with E-state index in [1.807, 2.05) is 35.2 Å². The highest BCUT2D eigenvalue weighted by Crippen LogP contribution is 2.27. The first-order valence-electron chi connectivity index (χ1n) is 8.74. The van der Waals surface area contributed by atoms with Gasteiger partial charge < -0.3 is 15.2 Å². The molecule has 1 amide bonds. The molecule has 2 aliphatic rings. The quantitative estimate of drug-likeness (QED) is 0.913. The Morgan fingerprint density at radius 2 is 1.96 bits per heavy atom. The van der Waals surface area contributed by atoms with E-state index in [9.17, 15) is 4.79 Å². The van der Waals surface area contributed by atoms with Gasteiger partial charge in [0.25, 0.3) is 0 Å². The van der Waals surface area contributed by atoms with Gasteiger partial charge in [0, 0.05) is 30.6 Å². The SMILES string of the molecule is NC1CCCC(C(=O)N2CCn3c(nnc3-c3ccccc3)C2)C1. The highest BCUT2D eigenvalue weighted by molar-refractivity contribution is 5.79. The van der Waals surface area contributed by atoms with Gasteiger partial charge in [-0.3, -0.25) is 4.79 Å². The summed E-state index contributed by atoms with van der Waals surface area (Å²) in [5.74, 6) is 2.07. The summed E-state index contributed by atoms with van der Waals surface area (Å²) in [5, 5.41) is 8.66. The molecular weight excluding hydrogens is 302 g/mol. The lowest BCUT2D eigenvalue weighted by Crippen LogP contribution is -2.44. The Hall–Kier alpha value is -2.21. The van der Waals surface area contributed by atoms with Crippen molar-refractivity contribution >= 4 is 5.91 Å². The van der Waals surface area contributed by atoms with Crippen LogP contribution in [0, 0.1) is 5.92 Å². The van der Waals surface area contributed by atoms with Gasteiger partial charge in [-0.1, -0.05) is 36.8 Å². The van der Waals surface area contributed by atoms with E-state index in [0.29, 0.717) is 6.54 Å². The van der Waals surface area contributed by atoms with Gasteiger partial charge in [0.15, 0.2) is 11.6 Å². The van der Waals surface area contributed by atoms with Gasteiger partial charge in [0.05, 0.1) is 6.54 Å². The molecule has 1 aliphatic heterocycles. The number of carbonyl (C=O) groups excluding carboxylic acids is 1. The Bertz CT molecular complexity index is 726. The highest BCUT2D eigenvalue weighted by Gasteiger charge is 2.32. The molecule has 2 aromatic rings. The van der Waals surface area contributed by atoms with E-state index >= 15 is 0 Å². The van der Waals surface area contributed by atoms with Crippen molar-refractivity contribution in [2.24, 2.45) is 11.7 Å². The van der Waals surface area contributed by atoms with Gasteiger partial charge in [-0.15, -0.1) is 10.2 Å². The van der Waals surface area contributed by atoms with Crippen LogP contribution >= 0.6 is 0 Å². The van der Waals surface area contributed by atoms with Crippen molar-refractivity contribution < 1.29 is 4.79 Å². The van der Waals surface area contributed by atoms with Gasteiger partial charge in [0.1, 0.15) is 0 Å². The molecule has 2 heterocycles. The van der Waals surface area contributed by atoms with Crippen LogP contribution in [0.4, 0.5) is 0 Å². The second-order valence-corrected chi connectivity index (χ2v) is 6.84. The summed E-state index contributed by atoms with van der Waals surface area (Å²) in [5.41, 5.74) is 7.10. The van der Waals surface area contributed by atoms with Gasteiger partial charge in [-0.2, -0.15) is 0 Å². The van der Waals surface area contributed by atoms with E-state index in [-0.39, 0.29) is 17.9 Å². The summed E-state index contributed by atoms with van der Waals surface area (Å²) < 4.78 is 2.13. The Balaban J connectivity index is 1.51. The largest absolute Gasteiger partial charge is 0.333 e. The highest BCUT2D eigenvalue weighted by atomic mass is 16.2. The maximum absolute atomic E-state index is 12.8. The Kier molecular flexibility index (Phi) is 4.06. The van der Waals surface area contributed by atoms with Crippen LogP contribution in [0.15, 0.2) is 30.3 Å². The summed E-state index contributed by atoms with van der Waals surface area (Å²) in [6.45, 7) is 2.01. The van der Waals surface area contributed by atoms with Crippen molar-refractivity contribution in [1.82, 2.24) is 19.7 Å². The van der Waals surface area contributed by atoms with Crippen LogP contribution in [0.25, 0.3) is 11.4 Å². The third-order valence-electron chi connectivity index (χ3n) is 5.16. The fourth-order valence-corrected chi connectivity index (χ4v) is 3.86. The second-order valence-electron chi connectivity index (χ2n) is 6.84. The zero-order valence-electron chi connectivity index (χ0n) is 13.8. The smallest absolute Gasteiger partial charge is 0.226 e. The van der Waals surface area contributed by atoms with Crippen molar-refractivity contribution in [2.75, 3.05) is 6.54 Å². The molecule has 0 spiro atoms. The van der Waals surface area contributed by atoms with Gasteiger partial charge in [-0.05, 0) is 19.3 Å². The van der Waals surface area contributed by atoms with Crippen molar-refractivity contribution in [3.63, 3.8) is 0 Å². The predicted molar refractivity (Wildman–Crippen MR) is 90.8 cm³/mol. The van der Waals surface area contributed by atoms with Crippen LogP contribution in [0.5, 0.6) is 0 Å². The first-order valence-corrected chi connectivity index (χ1v) is 8.74. The minimum Gasteiger partial charge on any atom is -0.333 e. The molecule has 126 valence electrons. The standard InChI is InChI=1S/C18H23N5O/c19-15-8-4-7-14(11-15)18(24)22-9-10-23-16(12-22)20-21-17(23)13-5-2-1-3-6-13/h1-3,5-6,14-15H,4,7-12,19H2. The third-order valence-corrected chi connectivity index (χ3v) is 5.16. The molecule has 6 heteroatoms. The van der Waals surface area contributed by atoms with Crippen LogP contribution in [-0.2, 0) is 17.9 Å². The van der Waals surface area contributed by atoms with Crippen LogP contribution in [0.3, 0.4) is 0 Å². The summed E-state index contributed by atoms with van der Waals surface area (Å²) in [7, 11) is 0. The number of benzene rings is 1. The number of amides is 1. The third kappa shape index (κ3) is 2.82. The molecule has 1 aliphatic carbocycles. The fourth-order valence-electron chi connectivity index (χ4n) is 3.86. The molecule has 1 fully saturated rings. The lowest BCUT2D eigenvalue weighted by molar-refractivity contribution is -0.138. The fraction of sp³-hybridized carbons (Fsp3) is 0.500. The second kappa shape index (κ2) is 6.36. The zero-order valence-corrected chi connectivity index (χ0v) is 13.8. The molecule has 24 heavy (non-hydrogen) atoms. The van der Waals surface area contributed by atoms with Gasteiger partial charge >= 0.3 is 0 Å². The Morgan fingerprint density at radius 3 is 2.75 bits per heavy atom. The summed E-state index contributed by atoms with van der Waals surface area (Å²) in [4.78, 5) is 14.7. The van der Waals surface area contributed by atoms with Crippen LogP contribution in [0.1, 0.15) is 31.5 Å². The van der Waals surface area contributed by atoms with E-state index in [2.05, 4.69) is 14.8 Å². The maximum Gasteiger partial charge on any atom is 0.226 e. The van der Waals surface area contributed by atoms with Crippen molar-refractivity contribution in [1.29, 1.82) is 0 Å². The molecule has 2 N–H and O–H groups in total. The summed E-state index contributed by atoms with van der Waals surface area (Å²) in [6, 6.07) is 10.2. The van der Waals surface area contributed by atoms with Gasteiger partial charge in [0.2, 0.25) is 5.91 Å². The average Bonchev–Trinajstić information content (AvgIpc) is 3.05. The number of nitrogens with two attached hydrogens (primary N) is 1. The topological polar surface area (TPSA) is 77.0 Å². The average molecular weight is 325 g/mol. The molecule has 0 bridgehead atoms. The first-order chi connectivity index (χ1) is 11.7. The van der Waals surface area contributed by atoms with E-state index < -0.39 is 0 Å². The number of carbonyl (C=O) groups is 1. The molecule has 0 radical (unpaired) electrons. The molecule has 2 unspecified atom stereocenters. The Morgan fingerprint density at radius 1 is 1.12 bits per heavy atom. The minimum absolute atomic E-state index is 0.0804. The molecule has 6 nitrogen and oxygen atoms in total. The number of rotatable bonds is 2. The van der Waals surface area contributed by atoms with E-state index in [1.54, 1.807) is 0 Å². The Labute approximate surface area is 141 Å². The lowest BCUT2D eigenvalue weighted by Gasteiger charge is -2.33. The monoisotopic (exact) mass is 325 g/mol. The molecule has 4 rings (SSSR count). The molecule has 1 aromatic heterocycles. The molecule has 0 saturated heterocycles. The van der Waals surface area contributed by atoms with Crippen LogP contribution < -0.4 is 5.73 Å². The first kappa shape index (κ1) is 15.3. The van der Waals surface area contributed by atoms with E-state index in [4.69, 9.17) is 5.73 Å². The van der Waals surface area contributed by atoms with Crippen molar-refractivity contribution in [3.8, 4) is 11.4 Å². The number of hydrogen-bond acceptors (Lipinski definition) is 4. The molecular formula is C18H23N5O. The van der Waals surface area contributed by atoms with Crippen molar-refractivity contribution in [2.45, 2.75) is 44.8 Å². The van der Waals surface area contributed by atoms with E-state index in [0.717, 1.165) is 56.0 Å². The number of aromatic nitrogens is 3. The maximum atomic E-state index is 12.8. The normalized spacial score (nSPS) is 23.8. The zero-order chi connectivity index (χ0) is 16.5. The number of nitrogens with zero attached hydrogens (tertiary/aromatic N) is 4. The van der Waals surface area contributed by atoms with Crippen LogP contribution in [-0.4, -0.2) is 38.2 Å².